The molecule has 0 bridgehead atoms. The molecule has 35 heavy (non-hydrogen) atoms. The van der Waals surface area contributed by atoms with Crippen LogP contribution in [0.15, 0.2) is 78.9 Å². The lowest BCUT2D eigenvalue weighted by Crippen LogP contribution is -2.26. The first-order valence-electron chi connectivity index (χ1n) is 11.7. The third kappa shape index (κ3) is 5.66. The van der Waals surface area contributed by atoms with E-state index in [9.17, 15) is 14.4 Å². The van der Waals surface area contributed by atoms with Crippen molar-refractivity contribution in [3.63, 3.8) is 0 Å². The lowest BCUT2D eigenvalue weighted by Gasteiger charge is -2.14. The maximum Gasteiger partial charge on any atom is 0.407 e. The summed E-state index contributed by atoms with van der Waals surface area (Å²) < 4.78 is 10.3. The summed E-state index contributed by atoms with van der Waals surface area (Å²) in [7, 11) is 0. The molecule has 1 aliphatic rings. The van der Waals surface area contributed by atoms with E-state index in [-0.39, 0.29) is 24.7 Å². The van der Waals surface area contributed by atoms with Gasteiger partial charge in [0, 0.05) is 18.0 Å². The smallest absolute Gasteiger partial charge is 0.407 e. The van der Waals surface area contributed by atoms with Gasteiger partial charge in [-0.1, -0.05) is 84.9 Å². The Morgan fingerprint density at radius 1 is 0.857 bits per heavy atom. The molecule has 0 atom stereocenters. The summed E-state index contributed by atoms with van der Waals surface area (Å²) in [6, 6.07) is 23.1. The number of fused-ring (bicyclic) bond motifs is 3. The molecular weight excluding hydrogens is 442 g/mol. The molecule has 4 rings (SSSR count). The monoisotopic (exact) mass is 469 g/mol. The number of amides is 1. The van der Waals surface area contributed by atoms with E-state index in [1.165, 1.54) is 22.3 Å². The molecule has 3 aromatic carbocycles. The first kappa shape index (κ1) is 24.0. The fourth-order valence-electron chi connectivity index (χ4n) is 4.19. The predicted molar refractivity (Wildman–Crippen MR) is 134 cm³/mol. The number of nitrogens with one attached hydrogen (secondary N) is 1. The second-order valence-electron chi connectivity index (χ2n) is 8.11. The maximum atomic E-state index is 12.2. The average molecular weight is 470 g/mol. The van der Waals surface area contributed by atoms with Crippen molar-refractivity contribution in [2.24, 2.45) is 0 Å². The van der Waals surface area contributed by atoms with Crippen molar-refractivity contribution in [1.29, 1.82) is 0 Å². The average Bonchev–Trinajstić information content (AvgIpc) is 3.21. The van der Waals surface area contributed by atoms with Gasteiger partial charge in [-0.2, -0.15) is 0 Å². The summed E-state index contributed by atoms with van der Waals surface area (Å²) in [5.74, 6) is -1.48. The molecule has 1 aliphatic carbocycles. The van der Waals surface area contributed by atoms with Crippen molar-refractivity contribution < 1.29 is 23.9 Å². The molecule has 0 fully saturated rings. The van der Waals surface area contributed by atoms with E-state index in [2.05, 4.69) is 29.6 Å². The Hall–Kier alpha value is -4.19. The van der Waals surface area contributed by atoms with Crippen LogP contribution in [-0.4, -0.2) is 37.6 Å². The molecule has 0 spiro atoms. The third-order valence-corrected chi connectivity index (χ3v) is 5.87. The number of carbonyl (C=O) groups is 3. The molecule has 0 aromatic heterocycles. The number of carbonyl (C=O) groups excluding carboxylic acids is 3. The zero-order chi connectivity index (χ0) is 24.6. The molecule has 6 nitrogen and oxygen atoms in total. The van der Waals surface area contributed by atoms with Gasteiger partial charge in [-0.25, -0.2) is 9.59 Å². The van der Waals surface area contributed by atoms with Crippen molar-refractivity contribution in [2.45, 2.75) is 19.3 Å². The van der Waals surface area contributed by atoms with E-state index in [4.69, 9.17) is 9.47 Å². The summed E-state index contributed by atoms with van der Waals surface area (Å²) in [5, 5.41) is 2.78. The highest BCUT2D eigenvalue weighted by molar-refractivity contribution is 6.40. The Balaban J connectivity index is 1.22. The quantitative estimate of drug-likeness (QED) is 0.197. The topological polar surface area (TPSA) is 81.7 Å². The lowest BCUT2D eigenvalue weighted by atomic mass is 9.98. The number of ketones is 1. The molecule has 0 saturated heterocycles. The van der Waals surface area contributed by atoms with Gasteiger partial charge in [0.15, 0.2) is 0 Å². The van der Waals surface area contributed by atoms with Crippen molar-refractivity contribution in [1.82, 2.24) is 5.32 Å². The summed E-state index contributed by atoms with van der Waals surface area (Å²) >= 11 is 0. The Morgan fingerprint density at radius 2 is 1.49 bits per heavy atom. The van der Waals surface area contributed by atoms with Crippen LogP contribution in [0.25, 0.3) is 17.2 Å². The van der Waals surface area contributed by atoms with Crippen LogP contribution in [0.1, 0.15) is 46.3 Å². The van der Waals surface area contributed by atoms with E-state index in [1.807, 2.05) is 36.4 Å². The van der Waals surface area contributed by atoms with Gasteiger partial charge in [-0.3, -0.25) is 4.79 Å². The number of esters is 1. The number of alkyl carbamates (subject to hydrolysis) is 1. The zero-order valence-electron chi connectivity index (χ0n) is 19.5. The molecule has 0 aliphatic heterocycles. The molecular formula is C29H27NO5. The summed E-state index contributed by atoms with van der Waals surface area (Å²) in [6.45, 7) is 2.54. The fraction of sp³-hybridized carbons (Fsp3) is 0.207. The predicted octanol–water partition coefficient (Wildman–Crippen LogP) is 5.37. The Kier molecular flexibility index (Phi) is 7.73. The van der Waals surface area contributed by atoms with Crippen molar-refractivity contribution in [2.75, 3.05) is 19.8 Å². The fourth-order valence-corrected chi connectivity index (χ4v) is 4.19. The molecule has 0 radical (unpaired) electrons. The minimum Gasteiger partial charge on any atom is -0.460 e. The second-order valence-corrected chi connectivity index (χ2v) is 8.11. The highest BCUT2D eigenvalue weighted by Gasteiger charge is 2.28. The van der Waals surface area contributed by atoms with Crippen molar-refractivity contribution in [3.05, 3.63) is 101 Å². The molecule has 0 saturated carbocycles. The van der Waals surface area contributed by atoms with E-state index < -0.39 is 17.8 Å². The molecule has 178 valence electrons. The highest BCUT2D eigenvalue weighted by atomic mass is 16.5. The summed E-state index contributed by atoms with van der Waals surface area (Å²) in [6.07, 6.45) is 3.99. The second kappa shape index (κ2) is 11.3. The van der Waals surface area contributed by atoms with Gasteiger partial charge >= 0.3 is 12.1 Å². The normalized spacial score (nSPS) is 12.1. The highest BCUT2D eigenvalue weighted by Crippen LogP contribution is 2.44. The lowest BCUT2D eigenvalue weighted by molar-refractivity contribution is -0.137. The van der Waals surface area contributed by atoms with Gasteiger partial charge in [-0.15, -0.1) is 0 Å². The minimum absolute atomic E-state index is 0.0340. The summed E-state index contributed by atoms with van der Waals surface area (Å²) in [4.78, 5) is 35.7. The van der Waals surface area contributed by atoms with E-state index >= 15 is 0 Å². The number of ether oxygens (including phenoxy) is 2. The van der Waals surface area contributed by atoms with Gasteiger partial charge in [0.2, 0.25) is 0 Å². The van der Waals surface area contributed by atoms with Crippen LogP contribution in [0.2, 0.25) is 0 Å². The number of Topliss-reactive ketones (excluding diaryl/α,β-unsaturated/α-hetero) is 1. The van der Waals surface area contributed by atoms with E-state index in [1.54, 1.807) is 31.2 Å². The van der Waals surface area contributed by atoms with Gasteiger partial charge in [0.1, 0.15) is 6.61 Å². The number of hydrogen-bond donors (Lipinski definition) is 1. The SMILES string of the molecule is CCOC(=O)C(=O)c1ccc(C=CCCNC(=O)OCC2c3ccccc3-c3ccccc32)cc1. The Bertz CT molecular complexity index is 1200. The first-order valence-corrected chi connectivity index (χ1v) is 11.7. The number of rotatable bonds is 9. The van der Waals surface area contributed by atoms with Gasteiger partial charge < -0.3 is 14.8 Å². The van der Waals surface area contributed by atoms with E-state index in [0.29, 0.717) is 13.0 Å². The van der Waals surface area contributed by atoms with Crippen LogP contribution in [0.5, 0.6) is 0 Å². The summed E-state index contributed by atoms with van der Waals surface area (Å²) in [5.41, 5.74) is 5.92. The van der Waals surface area contributed by atoms with Crippen LogP contribution in [-0.2, 0) is 14.3 Å². The molecule has 3 aromatic rings. The van der Waals surface area contributed by atoms with Crippen LogP contribution >= 0.6 is 0 Å². The number of benzene rings is 3. The Morgan fingerprint density at radius 3 is 2.11 bits per heavy atom. The van der Waals surface area contributed by atoms with Crippen LogP contribution < -0.4 is 5.32 Å². The molecule has 1 amide bonds. The van der Waals surface area contributed by atoms with E-state index in [0.717, 1.165) is 5.56 Å². The molecule has 0 unspecified atom stereocenters. The van der Waals surface area contributed by atoms with Crippen LogP contribution in [0.3, 0.4) is 0 Å². The third-order valence-electron chi connectivity index (χ3n) is 5.87. The number of hydrogen-bond acceptors (Lipinski definition) is 5. The van der Waals surface area contributed by atoms with Gasteiger partial charge in [0.25, 0.3) is 5.78 Å². The van der Waals surface area contributed by atoms with Crippen LogP contribution in [0, 0.1) is 0 Å². The zero-order valence-corrected chi connectivity index (χ0v) is 19.5. The minimum atomic E-state index is -0.852. The standard InChI is InChI=1S/C29H27NO5/c1-2-34-28(32)27(31)21-16-14-20(15-17-21)9-7-8-18-30-29(33)35-19-26-24-12-5-3-10-22(24)23-11-4-6-13-25(23)26/h3-7,9-17,26H,2,8,18-19H2,1H3,(H,30,33). The van der Waals surface area contributed by atoms with Crippen LogP contribution in [0.4, 0.5) is 4.79 Å². The largest absolute Gasteiger partial charge is 0.460 e. The Labute approximate surface area is 204 Å². The van der Waals surface area contributed by atoms with Crippen molar-refractivity contribution in [3.8, 4) is 11.1 Å². The van der Waals surface area contributed by atoms with Gasteiger partial charge in [0.05, 0.1) is 6.61 Å². The molecule has 1 N–H and O–H groups in total. The molecule has 0 heterocycles. The molecule has 6 heteroatoms. The van der Waals surface area contributed by atoms with Crippen molar-refractivity contribution >= 4 is 23.9 Å². The maximum absolute atomic E-state index is 12.2. The first-order chi connectivity index (χ1) is 17.1. The van der Waals surface area contributed by atoms with Gasteiger partial charge in [-0.05, 0) is 41.2 Å².